The van der Waals surface area contributed by atoms with Crippen LogP contribution in [0.2, 0.25) is 0 Å². The molecular weight excluding hydrogens is 981 g/mol. The van der Waals surface area contributed by atoms with E-state index in [4.69, 9.17) is 19.3 Å². The number of nitrogen functional groups attached to an aromatic ring is 1. The second-order valence-electron chi connectivity index (χ2n) is 18.5. The molecule has 7 rings (SSSR count). The normalized spacial score (nSPS) is 10.8. The van der Waals surface area contributed by atoms with E-state index in [1.807, 2.05) is 62.3 Å². The fourth-order valence-corrected chi connectivity index (χ4v) is 6.44. The molecule has 0 aliphatic heterocycles. The molecule has 7 N–H and O–H groups in total. The van der Waals surface area contributed by atoms with Gasteiger partial charge in [0.15, 0.2) is 11.6 Å². The maximum atomic E-state index is 12.3. The average molecular weight is 1040 g/mol. The Morgan fingerprint density at radius 2 is 0.959 bits per heavy atom. The number of aromatic nitrogens is 3. The van der Waals surface area contributed by atoms with Crippen LogP contribution in [0.5, 0.6) is 0 Å². The summed E-state index contributed by atoms with van der Waals surface area (Å²) in [5, 5.41) is 54.4. The highest BCUT2D eigenvalue weighted by atomic mass is 32.2. The monoisotopic (exact) mass is 1040 g/mol. The topological polar surface area (TPSA) is 346 Å². The number of nitrogens with two attached hydrogens (primary N) is 1. The van der Waals surface area contributed by atoms with E-state index in [1.54, 1.807) is 60.7 Å². The molecule has 0 saturated heterocycles. The van der Waals surface area contributed by atoms with Gasteiger partial charge < -0.3 is 35.1 Å². The summed E-state index contributed by atoms with van der Waals surface area (Å²) < 4.78 is 42.5. The Morgan fingerprint density at radius 3 is 1.34 bits per heavy atom. The van der Waals surface area contributed by atoms with Crippen LogP contribution in [0, 0.1) is 31.5 Å². The van der Waals surface area contributed by atoms with E-state index in [0.717, 1.165) is 0 Å². The zero-order valence-electron chi connectivity index (χ0n) is 41.1. The summed E-state index contributed by atoms with van der Waals surface area (Å²) in [6.45, 7) is 17.8. The van der Waals surface area contributed by atoms with Crippen molar-refractivity contribution in [1.29, 1.82) is 0 Å². The van der Waals surface area contributed by atoms with Crippen molar-refractivity contribution in [2.45, 2.75) is 90.9 Å². The summed E-state index contributed by atoms with van der Waals surface area (Å²) in [6.07, 6.45) is 0. The van der Waals surface area contributed by atoms with Crippen molar-refractivity contribution < 1.29 is 41.4 Å². The van der Waals surface area contributed by atoms with E-state index in [-0.39, 0.29) is 39.9 Å². The number of non-ortho nitro benzene ring substituents is 2. The number of anilines is 6. The standard InChI is InChI=1S/C20H22N4O4S.C14H16N4O4.C8H10N2O2.C6H6N2O2.CH4/c1-20(2,3)17-13-18(23-28-17)22-19(25)21-14-9-11-15(12-10-14)24-29(26,27)16-7-5-4-6-8-16;1-14(2,3)11-8-12(17-22-11)16-13(19)15-9-4-6-10(7-5-9)18(20)21;1-8(2,3)7-4-6(5-9-11)10-12-7;7-5-1-3-6(4-2-5)8(9)10;/h4-13,24H,1-3H3,(H2,21,22,23,25);4-8H,1-3H3,(H2,15,16,17,19);4H,1-3H3;1-4H,7H2;1H4. The minimum Gasteiger partial charge on any atom is -0.498 e. The number of carbonyl (C=O) groups is 2. The number of nitrogens with one attached hydrogen (secondary N) is 5. The number of amides is 4. The lowest BCUT2D eigenvalue weighted by Gasteiger charge is -2.12. The van der Waals surface area contributed by atoms with E-state index >= 15 is 0 Å². The van der Waals surface area contributed by atoms with Crippen LogP contribution in [0.1, 0.15) is 92.7 Å². The van der Waals surface area contributed by atoms with Crippen molar-refractivity contribution in [3.63, 3.8) is 0 Å². The lowest BCUT2D eigenvalue weighted by molar-refractivity contribution is -0.385. The highest BCUT2D eigenvalue weighted by Crippen LogP contribution is 2.27. The third-order valence-corrected chi connectivity index (χ3v) is 10.7. The van der Waals surface area contributed by atoms with E-state index < -0.39 is 31.9 Å². The highest BCUT2D eigenvalue weighted by molar-refractivity contribution is 7.92. The number of sulfonamides is 1. The minimum absolute atomic E-state index is 0. The van der Waals surface area contributed by atoms with Gasteiger partial charge in [-0.1, -0.05) is 103 Å². The molecule has 0 unspecified atom stereocenters. The van der Waals surface area contributed by atoms with Gasteiger partial charge in [-0.3, -0.25) is 35.6 Å². The summed E-state index contributed by atoms with van der Waals surface area (Å²) in [4.78, 5) is 43.8. The quantitative estimate of drug-likeness (QED) is 0.0444. The van der Waals surface area contributed by atoms with Gasteiger partial charge in [-0.15, -0.1) is 0 Å². The first-order valence-corrected chi connectivity index (χ1v) is 23.2. The first-order chi connectivity index (χ1) is 34.1. The van der Waals surface area contributed by atoms with Gasteiger partial charge in [-0.2, -0.15) is 0 Å². The van der Waals surface area contributed by atoms with Crippen LogP contribution in [0.3, 0.4) is 0 Å². The fraction of sp³-hybridized carbons (Fsp3) is 0.265. The number of rotatable bonds is 9. The molecule has 3 aromatic heterocycles. The van der Waals surface area contributed by atoms with Gasteiger partial charge in [0, 0.05) is 86.5 Å². The molecule has 24 nitrogen and oxygen atoms in total. The summed E-state index contributed by atoms with van der Waals surface area (Å²) in [7, 11) is -3.67. The van der Waals surface area contributed by atoms with Crippen molar-refractivity contribution in [1.82, 2.24) is 15.5 Å². The van der Waals surface area contributed by atoms with Crippen LogP contribution in [0.15, 0.2) is 140 Å². The van der Waals surface area contributed by atoms with Crippen LogP contribution in [-0.2, 0) is 26.3 Å². The molecular formula is C49H58N12O12S. The first-order valence-electron chi connectivity index (χ1n) is 21.7. The predicted octanol–water partition coefficient (Wildman–Crippen LogP) is 11.9. The number of nitrogens with zero attached hydrogens (tertiary/aromatic N) is 6. The number of nitro groups is 2. The SMILES string of the molecule is C.CC(C)(C)c1cc(C#[N+][O-])no1.CC(C)(C)c1cc(NC(=O)Nc2ccc(NS(=O)(=O)c3ccccc3)cc2)no1.CC(C)(C)c1cc(NC(=O)Nc2ccc([N+](=O)[O-])cc2)no1.Nc1ccc([N+](=O)[O-])cc1. The second kappa shape index (κ2) is 25.7. The van der Waals surface area contributed by atoms with Gasteiger partial charge in [-0.05, 0) is 60.7 Å². The number of carbonyl (C=O) groups excluding carboxylic acids is 2. The molecule has 0 atom stereocenters. The summed E-state index contributed by atoms with van der Waals surface area (Å²) in [5.41, 5.74) is 6.98. The number of nitro benzene ring substituents is 2. The maximum Gasteiger partial charge on any atom is 0.360 e. The van der Waals surface area contributed by atoms with Crippen molar-refractivity contribution in [2.24, 2.45) is 0 Å². The van der Waals surface area contributed by atoms with Crippen molar-refractivity contribution >= 4 is 67.8 Å². The van der Waals surface area contributed by atoms with Crippen LogP contribution >= 0.6 is 0 Å². The number of hydrogen-bond acceptors (Lipinski definition) is 16. The Hall–Kier alpha value is -9.31. The lowest BCUT2D eigenvalue weighted by Crippen LogP contribution is -2.19. The van der Waals surface area contributed by atoms with Gasteiger partial charge in [-0.25, -0.2) is 18.0 Å². The number of hydrogen-bond donors (Lipinski definition) is 6. The van der Waals surface area contributed by atoms with Crippen molar-refractivity contribution in [3.05, 3.63) is 175 Å². The molecule has 0 aliphatic carbocycles. The average Bonchev–Trinajstić information content (AvgIpc) is 4.11. The largest absolute Gasteiger partial charge is 0.498 e. The van der Waals surface area contributed by atoms with Gasteiger partial charge in [0.25, 0.3) is 21.4 Å². The summed E-state index contributed by atoms with van der Waals surface area (Å²) >= 11 is 0. The maximum absolute atomic E-state index is 12.3. The molecule has 0 fully saturated rings. The van der Waals surface area contributed by atoms with Crippen molar-refractivity contribution in [2.75, 3.05) is 31.7 Å². The molecule has 4 aromatic carbocycles. The van der Waals surface area contributed by atoms with E-state index in [2.05, 4.69) is 52.5 Å². The second-order valence-corrected chi connectivity index (χ2v) is 20.2. The van der Waals surface area contributed by atoms with Crippen LogP contribution in [0.25, 0.3) is 5.01 Å². The third kappa shape index (κ3) is 19.1. The lowest BCUT2D eigenvalue weighted by atomic mass is 9.93. The fourth-order valence-electron chi connectivity index (χ4n) is 5.36. The van der Waals surface area contributed by atoms with Crippen LogP contribution in [-0.4, -0.2) is 45.8 Å². The van der Waals surface area contributed by atoms with Gasteiger partial charge in [0.2, 0.25) is 5.69 Å². The van der Waals surface area contributed by atoms with Crippen LogP contribution in [0.4, 0.5) is 55.3 Å². The third-order valence-electron chi connectivity index (χ3n) is 9.28. The van der Waals surface area contributed by atoms with E-state index in [1.165, 1.54) is 60.7 Å². The molecule has 25 heteroatoms. The Kier molecular flexibility index (Phi) is 20.5. The molecule has 0 radical (unpaired) electrons. The Morgan fingerprint density at radius 1 is 0.581 bits per heavy atom. The predicted molar refractivity (Wildman–Crippen MR) is 282 cm³/mol. The van der Waals surface area contributed by atoms with Crippen molar-refractivity contribution in [3.8, 4) is 6.07 Å². The first kappa shape index (κ1) is 59.0. The Bertz CT molecular complexity index is 3130. The number of benzene rings is 4. The van der Waals surface area contributed by atoms with E-state index in [0.29, 0.717) is 57.4 Å². The zero-order chi connectivity index (χ0) is 54.1. The molecule has 0 bridgehead atoms. The molecule has 3 heterocycles. The Balaban J connectivity index is 0.000000281. The molecule has 74 heavy (non-hydrogen) atoms. The highest BCUT2D eigenvalue weighted by Gasteiger charge is 2.23. The summed E-state index contributed by atoms with van der Waals surface area (Å²) in [5.74, 6) is 2.62. The molecule has 7 aromatic rings. The molecule has 0 aliphatic rings. The van der Waals surface area contributed by atoms with Gasteiger partial charge in [0.05, 0.1) is 14.7 Å². The minimum atomic E-state index is -3.67. The van der Waals surface area contributed by atoms with E-state index in [9.17, 15) is 43.4 Å². The smallest absolute Gasteiger partial charge is 0.360 e. The molecule has 0 saturated carbocycles. The van der Waals surface area contributed by atoms with Crippen LogP contribution < -0.4 is 31.7 Å². The zero-order valence-corrected chi connectivity index (χ0v) is 41.9. The van der Waals surface area contributed by atoms with Gasteiger partial charge >= 0.3 is 18.1 Å². The van der Waals surface area contributed by atoms with Gasteiger partial charge in [0.1, 0.15) is 17.3 Å². The number of urea groups is 2. The summed E-state index contributed by atoms with van der Waals surface area (Å²) in [6, 6.07) is 31.7. The molecule has 392 valence electrons. The molecule has 4 amide bonds. The molecule has 0 spiro atoms. The Labute approximate surface area is 426 Å².